The van der Waals surface area contributed by atoms with E-state index in [0.29, 0.717) is 23.0 Å². The summed E-state index contributed by atoms with van der Waals surface area (Å²) < 4.78 is 5.74. The fourth-order valence-corrected chi connectivity index (χ4v) is 7.75. The van der Waals surface area contributed by atoms with Gasteiger partial charge in [0.1, 0.15) is 11.9 Å². The zero-order valence-corrected chi connectivity index (χ0v) is 16.3. The van der Waals surface area contributed by atoms with E-state index < -0.39 is 0 Å². The van der Waals surface area contributed by atoms with Crippen LogP contribution in [-0.2, 0) is 14.3 Å². The first-order valence-corrected chi connectivity index (χ1v) is 10.5. The molecule has 8 atom stereocenters. The van der Waals surface area contributed by atoms with E-state index in [9.17, 15) is 9.59 Å². The van der Waals surface area contributed by atoms with Crippen LogP contribution in [0.1, 0.15) is 79.1 Å². The smallest absolute Gasteiger partial charge is 0.302 e. The van der Waals surface area contributed by atoms with Gasteiger partial charge in [0, 0.05) is 24.7 Å². The van der Waals surface area contributed by atoms with Crippen LogP contribution in [0.3, 0.4) is 0 Å². The third kappa shape index (κ3) is 2.51. The number of ketones is 1. The SMILES string of the molecule is CC(=O)O[C@H]1CC[C@@H]2[C@H]3CC[C@H]4CC(=O)[C@H](C)C[C@]4(C)[C@H]3CC[C@]12C. The molecule has 0 unspecified atom stereocenters. The van der Waals surface area contributed by atoms with Crippen molar-refractivity contribution in [3.8, 4) is 0 Å². The van der Waals surface area contributed by atoms with Crippen LogP contribution in [-0.4, -0.2) is 17.9 Å². The van der Waals surface area contributed by atoms with Gasteiger partial charge in [-0.3, -0.25) is 9.59 Å². The zero-order valence-electron chi connectivity index (χ0n) is 16.3. The molecule has 140 valence electrons. The Morgan fingerprint density at radius 3 is 2.48 bits per heavy atom. The summed E-state index contributed by atoms with van der Waals surface area (Å²) in [4.78, 5) is 23.8. The highest BCUT2D eigenvalue weighted by Gasteiger charge is 2.61. The van der Waals surface area contributed by atoms with Crippen molar-refractivity contribution in [1.29, 1.82) is 0 Å². The number of carbonyl (C=O) groups excluding carboxylic acids is 2. The molecule has 0 amide bonds. The topological polar surface area (TPSA) is 43.4 Å². The molecule has 25 heavy (non-hydrogen) atoms. The fraction of sp³-hybridized carbons (Fsp3) is 0.909. The minimum atomic E-state index is -0.121. The van der Waals surface area contributed by atoms with E-state index in [4.69, 9.17) is 4.74 Å². The second kappa shape index (κ2) is 5.82. The van der Waals surface area contributed by atoms with Crippen LogP contribution in [0.25, 0.3) is 0 Å². The van der Waals surface area contributed by atoms with Gasteiger partial charge < -0.3 is 4.74 Å². The summed E-state index contributed by atoms with van der Waals surface area (Å²) in [6.45, 7) is 8.58. The molecule has 0 radical (unpaired) electrons. The lowest BCUT2D eigenvalue weighted by atomic mass is 9.44. The van der Waals surface area contributed by atoms with Gasteiger partial charge in [-0.25, -0.2) is 0 Å². The summed E-state index contributed by atoms with van der Waals surface area (Å²) in [5.74, 6) is 3.44. The van der Waals surface area contributed by atoms with Gasteiger partial charge in [-0.05, 0) is 74.0 Å². The Bertz CT molecular complexity index is 584. The van der Waals surface area contributed by atoms with Crippen molar-refractivity contribution in [2.24, 2.45) is 40.4 Å². The normalized spacial score (nSPS) is 52.1. The maximum absolute atomic E-state index is 12.3. The lowest BCUT2D eigenvalue weighted by Crippen LogP contribution is -2.55. The number of carbonyl (C=O) groups is 2. The predicted molar refractivity (Wildman–Crippen MR) is 96.8 cm³/mol. The number of rotatable bonds is 1. The highest BCUT2D eigenvalue weighted by Crippen LogP contribution is 2.66. The molecule has 0 aromatic heterocycles. The van der Waals surface area contributed by atoms with Crippen molar-refractivity contribution in [3.05, 3.63) is 0 Å². The van der Waals surface area contributed by atoms with E-state index in [-0.39, 0.29) is 23.4 Å². The molecule has 3 nitrogen and oxygen atoms in total. The van der Waals surface area contributed by atoms with Crippen molar-refractivity contribution in [3.63, 3.8) is 0 Å². The van der Waals surface area contributed by atoms with E-state index in [1.807, 2.05) is 0 Å². The number of hydrogen-bond donors (Lipinski definition) is 0. The molecule has 0 aromatic carbocycles. The number of hydrogen-bond acceptors (Lipinski definition) is 3. The van der Waals surface area contributed by atoms with Gasteiger partial charge in [0.05, 0.1) is 0 Å². The predicted octanol–water partition coefficient (Wildman–Crippen LogP) is 4.78. The summed E-state index contributed by atoms with van der Waals surface area (Å²) in [5, 5.41) is 0. The third-order valence-corrected chi connectivity index (χ3v) is 9.03. The Morgan fingerprint density at radius 2 is 1.76 bits per heavy atom. The standard InChI is InChI=1S/C22H34O3/c1-13-12-22(4)15(11-19(13)24)5-6-16-17-7-8-20(25-14(2)23)21(17,3)10-9-18(16)22/h13,15-18,20H,5-12H2,1-4H3/t13-,15+,16-,17-,18+,20+,21+,22+/m1/s1. The van der Waals surface area contributed by atoms with Gasteiger partial charge in [0.15, 0.2) is 0 Å². The van der Waals surface area contributed by atoms with Crippen molar-refractivity contribution in [1.82, 2.24) is 0 Å². The molecule has 3 heteroatoms. The van der Waals surface area contributed by atoms with Gasteiger partial charge in [0.2, 0.25) is 0 Å². The molecular formula is C22H34O3. The van der Waals surface area contributed by atoms with E-state index >= 15 is 0 Å². The van der Waals surface area contributed by atoms with Crippen molar-refractivity contribution >= 4 is 11.8 Å². The highest BCUT2D eigenvalue weighted by molar-refractivity contribution is 5.82. The minimum Gasteiger partial charge on any atom is -0.462 e. The Kier molecular flexibility index (Phi) is 4.09. The first kappa shape index (κ1) is 17.5. The average Bonchev–Trinajstić information content (AvgIpc) is 2.85. The van der Waals surface area contributed by atoms with Crippen LogP contribution >= 0.6 is 0 Å². The maximum Gasteiger partial charge on any atom is 0.302 e. The lowest BCUT2D eigenvalue weighted by Gasteiger charge is -2.60. The number of fused-ring (bicyclic) bond motifs is 5. The summed E-state index contributed by atoms with van der Waals surface area (Å²) in [7, 11) is 0. The highest BCUT2D eigenvalue weighted by atomic mass is 16.5. The lowest BCUT2D eigenvalue weighted by molar-refractivity contribution is -0.163. The molecule has 4 rings (SSSR count). The monoisotopic (exact) mass is 346 g/mol. The van der Waals surface area contributed by atoms with Crippen LogP contribution in [0.2, 0.25) is 0 Å². The number of Topliss-reactive ketones (excluding diaryl/α,β-unsaturated/α-hetero) is 1. The molecule has 0 bridgehead atoms. The van der Waals surface area contributed by atoms with Gasteiger partial charge in [-0.15, -0.1) is 0 Å². The molecule has 4 fully saturated rings. The molecule has 0 heterocycles. The first-order chi connectivity index (χ1) is 11.8. The molecule has 4 saturated carbocycles. The Morgan fingerprint density at radius 1 is 1.04 bits per heavy atom. The molecule has 0 aromatic rings. The van der Waals surface area contributed by atoms with E-state index in [2.05, 4.69) is 20.8 Å². The second-order valence-corrected chi connectivity index (χ2v) is 10.2. The quantitative estimate of drug-likeness (QED) is 0.642. The van der Waals surface area contributed by atoms with Gasteiger partial charge in [-0.2, -0.15) is 0 Å². The van der Waals surface area contributed by atoms with Crippen LogP contribution < -0.4 is 0 Å². The fourth-order valence-electron chi connectivity index (χ4n) is 7.75. The molecular weight excluding hydrogens is 312 g/mol. The van der Waals surface area contributed by atoms with Crippen LogP contribution in [0, 0.1) is 40.4 Å². The van der Waals surface area contributed by atoms with Gasteiger partial charge in [0.25, 0.3) is 0 Å². The zero-order chi connectivity index (χ0) is 18.0. The molecule has 4 aliphatic carbocycles. The molecule has 0 saturated heterocycles. The Hall–Kier alpha value is -0.860. The van der Waals surface area contributed by atoms with Crippen molar-refractivity contribution < 1.29 is 14.3 Å². The van der Waals surface area contributed by atoms with Gasteiger partial charge in [-0.1, -0.05) is 20.8 Å². The molecule has 0 aliphatic heterocycles. The van der Waals surface area contributed by atoms with Gasteiger partial charge >= 0.3 is 5.97 Å². The molecule has 0 N–H and O–H groups in total. The van der Waals surface area contributed by atoms with Crippen LogP contribution in [0.5, 0.6) is 0 Å². The average molecular weight is 347 g/mol. The second-order valence-electron chi connectivity index (χ2n) is 10.2. The summed E-state index contributed by atoms with van der Waals surface area (Å²) in [6.07, 6.45) is 9.22. The largest absolute Gasteiger partial charge is 0.462 e. The molecule has 0 spiro atoms. The third-order valence-electron chi connectivity index (χ3n) is 9.03. The Labute approximate surface area is 152 Å². The minimum absolute atomic E-state index is 0.119. The van der Waals surface area contributed by atoms with E-state index in [1.54, 1.807) is 6.92 Å². The summed E-state index contributed by atoms with van der Waals surface area (Å²) in [6, 6.07) is 0. The molecule has 4 aliphatic rings. The van der Waals surface area contributed by atoms with Crippen molar-refractivity contribution in [2.45, 2.75) is 85.2 Å². The Balaban J connectivity index is 1.59. The summed E-state index contributed by atoms with van der Waals surface area (Å²) in [5.41, 5.74) is 0.517. The van der Waals surface area contributed by atoms with Crippen LogP contribution in [0.15, 0.2) is 0 Å². The van der Waals surface area contributed by atoms with Crippen LogP contribution in [0.4, 0.5) is 0 Å². The van der Waals surface area contributed by atoms with E-state index in [1.165, 1.54) is 32.1 Å². The first-order valence-electron chi connectivity index (χ1n) is 10.5. The number of ether oxygens (including phenoxy) is 1. The van der Waals surface area contributed by atoms with E-state index in [0.717, 1.165) is 31.1 Å². The van der Waals surface area contributed by atoms with Crippen molar-refractivity contribution in [2.75, 3.05) is 0 Å². The number of esters is 1. The summed E-state index contributed by atoms with van der Waals surface area (Å²) >= 11 is 0. The maximum atomic E-state index is 12.3.